The van der Waals surface area contributed by atoms with Crippen LogP contribution in [0.4, 0.5) is 4.79 Å². The fourth-order valence-corrected chi connectivity index (χ4v) is 1.32. The van der Waals surface area contributed by atoms with Crippen molar-refractivity contribution in [2.24, 2.45) is 11.1 Å². The lowest BCUT2D eigenvalue weighted by Crippen LogP contribution is -2.43. The summed E-state index contributed by atoms with van der Waals surface area (Å²) in [5, 5.41) is 2.70. The summed E-state index contributed by atoms with van der Waals surface area (Å²) in [5.74, 6) is 0. The van der Waals surface area contributed by atoms with E-state index in [4.69, 9.17) is 10.5 Å². The number of nitrogens with one attached hydrogen (secondary N) is 1. The van der Waals surface area contributed by atoms with Crippen molar-refractivity contribution in [1.29, 1.82) is 0 Å². The van der Waals surface area contributed by atoms with Gasteiger partial charge in [-0.15, -0.1) is 0 Å². The highest BCUT2D eigenvalue weighted by molar-refractivity contribution is 5.67. The fourth-order valence-electron chi connectivity index (χ4n) is 1.32. The van der Waals surface area contributed by atoms with Gasteiger partial charge in [-0.2, -0.15) is 0 Å². The van der Waals surface area contributed by atoms with Crippen LogP contribution in [0.3, 0.4) is 0 Å². The molecule has 1 atom stereocenters. The van der Waals surface area contributed by atoms with Gasteiger partial charge in [0.25, 0.3) is 0 Å². The van der Waals surface area contributed by atoms with Gasteiger partial charge in [0.1, 0.15) is 5.60 Å². The van der Waals surface area contributed by atoms with Crippen LogP contribution in [0.2, 0.25) is 0 Å². The number of amides is 1. The number of carbonyl (C=O) groups is 1. The van der Waals surface area contributed by atoms with Gasteiger partial charge in [0, 0.05) is 12.6 Å². The summed E-state index contributed by atoms with van der Waals surface area (Å²) >= 11 is 0. The van der Waals surface area contributed by atoms with Gasteiger partial charge in [0.05, 0.1) is 0 Å². The highest BCUT2D eigenvalue weighted by Gasteiger charge is 2.42. The Morgan fingerprint density at radius 1 is 1.53 bits per heavy atom. The zero-order chi connectivity index (χ0) is 11.7. The normalized spacial score (nSPS) is 20.6. The maximum Gasteiger partial charge on any atom is 0.407 e. The molecule has 0 aromatic heterocycles. The molecule has 15 heavy (non-hydrogen) atoms. The molecule has 3 N–H and O–H groups in total. The predicted octanol–water partition coefficient (Wildman–Crippen LogP) is 1.64. The van der Waals surface area contributed by atoms with Crippen LogP contribution in [0.15, 0.2) is 0 Å². The Bertz CT molecular complexity index is 241. The fraction of sp³-hybridized carbons (Fsp3) is 0.909. The Hall–Kier alpha value is -0.770. The molecule has 1 aliphatic rings. The van der Waals surface area contributed by atoms with Crippen LogP contribution in [0, 0.1) is 5.41 Å². The van der Waals surface area contributed by atoms with Crippen molar-refractivity contribution in [1.82, 2.24) is 5.32 Å². The summed E-state index contributed by atoms with van der Waals surface area (Å²) in [5.41, 5.74) is 5.74. The highest BCUT2D eigenvalue weighted by atomic mass is 16.6. The maximum absolute atomic E-state index is 11.3. The Labute approximate surface area is 91.5 Å². The number of hydrogen-bond acceptors (Lipinski definition) is 3. The van der Waals surface area contributed by atoms with Crippen LogP contribution in [-0.4, -0.2) is 24.3 Å². The van der Waals surface area contributed by atoms with E-state index in [1.54, 1.807) is 0 Å². The Morgan fingerprint density at radius 2 is 2.07 bits per heavy atom. The first-order chi connectivity index (χ1) is 6.73. The minimum Gasteiger partial charge on any atom is -0.444 e. The summed E-state index contributed by atoms with van der Waals surface area (Å²) in [6, 6.07) is 0.0324. The molecule has 4 heteroatoms. The molecule has 0 bridgehead atoms. The number of alkyl carbamates (subject to hydrolysis) is 1. The first kappa shape index (κ1) is 12.3. The van der Waals surface area contributed by atoms with Gasteiger partial charge in [-0.3, -0.25) is 0 Å². The second-order valence-electron chi connectivity index (χ2n) is 5.64. The van der Waals surface area contributed by atoms with Gasteiger partial charge in [-0.1, -0.05) is 6.92 Å². The van der Waals surface area contributed by atoms with Crippen LogP contribution >= 0.6 is 0 Å². The number of ether oxygens (including phenoxy) is 1. The standard InChI is InChI=1S/C11H22N2O2/c1-10(2,3)15-9(14)13-7-8(12)11(4)5-6-11/h8H,5-7,12H2,1-4H3,(H,13,14). The number of carbonyl (C=O) groups excluding carboxylic acids is 1. The molecule has 1 fully saturated rings. The Balaban J connectivity index is 2.22. The molecular weight excluding hydrogens is 192 g/mol. The molecule has 0 spiro atoms. The zero-order valence-corrected chi connectivity index (χ0v) is 10.1. The third-order valence-electron chi connectivity index (χ3n) is 2.80. The van der Waals surface area contributed by atoms with Crippen LogP contribution in [0.1, 0.15) is 40.5 Å². The lowest BCUT2D eigenvalue weighted by Gasteiger charge is -2.22. The van der Waals surface area contributed by atoms with Crippen molar-refractivity contribution in [2.75, 3.05) is 6.54 Å². The van der Waals surface area contributed by atoms with E-state index in [9.17, 15) is 4.79 Å². The van der Waals surface area contributed by atoms with Gasteiger partial charge in [-0.05, 0) is 39.0 Å². The van der Waals surface area contributed by atoms with E-state index in [0.29, 0.717) is 6.54 Å². The molecule has 88 valence electrons. The lowest BCUT2D eigenvalue weighted by molar-refractivity contribution is 0.0521. The molecule has 1 unspecified atom stereocenters. The van der Waals surface area contributed by atoms with E-state index in [-0.39, 0.29) is 17.6 Å². The third kappa shape index (κ3) is 4.08. The number of rotatable bonds is 3. The molecular formula is C11H22N2O2. The molecule has 1 aliphatic carbocycles. The van der Waals surface area contributed by atoms with E-state index in [1.807, 2.05) is 20.8 Å². The van der Waals surface area contributed by atoms with Crippen molar-refractivity contribution >= 4 is 6.09 Å². The molecule has 0 aromatic rings. The third-order valence-corrected chi connectivity index (χ3v) is 2.80. The Kier molecular flexibility index (Phi) is 3.28. The summed E-state index contributed by atoms with van der Waals surface area (Å²) < 4.78 is 5.12. The topological polar surface area (TPSA) is 64.3 Å². The first-order valence-corrected chi connectivity index (χ1v) is 5.45. The predicted molar refractivity (Wildman–Crippen MR) is 59.6 cm³/mol. The van der Waals surface area contributed by atoms with Crippen LogP contribution < -0.4 is 11.1 Å². The average molecular weight is 214 g/mol. The molecule has 1 rings (SSSR count). The van der Waals surface area contributed by atoms with Crippen LogP contribution in [-0.2, 0) is 4.74 Å². The zero-order valence-electron chi connectivity index (χ0n) is 10.1. The number of nitrogens with two attached hydrogens (primary N) is 1. The summed E-state index contributed by atoms with van der Waals surface area (Å²) in [6.45, 7) is 8.16. The first-order valence-electron chi connectivity index (χ1n) is 5.45. The lowest BCUT2D eigenvalue weighted by atomic mass is 10.0. The second-order valence-corrected chi connectivity index (χ2v) is 5.64. The van der Waals surface area contributed by atoms with E-state index >= 15 is 0 Å². The van der Waals surface area contributed by atoms with Gasteiger partial charge >= 0.3 is 6.09 Å². The summed E-state index contributed by atoms with van der Waals surface area (Å²) in [4.78, 5) is 11.3. The minimum atomic E-state index is -0.447. The van der Waals surface area contributed by atoms with Gasteiger partial charge in [0.2, 0.25) is 0 Å². The van der Waals surface area contributed by atoms with Gasteiger partial charge < -0.3 is 15.8 Å². The van der Waals surface area contributed by atoms with Crippen LogP contribution in [0.25, 0.3) is 0 Å². The van der Waals surface area contributed by atoms with E-state index in [2.05, 4.69) is 12.2 Å². The molecule has 0 aliphatic heterocycles. The molecule has 4 nitrogen and oxygen atoms in total. The minimum absolute atomic E-state index is 0.0324. The average Bonchev–Trinajstić information content (AvgIpc) is 2.77. The smallest absolute Gasteiger partial charge is 0.407 e. The molecule has 1 amide bonds. The number of hydrogen-bond donors (Lipinski definition) is 2. The van der Waals surface area contributed by atoms with Gasteiger partial charge in [0.15, 0.2) is 0 Å². The molecule has 0 saturated heterocycles. The maximum atomic E-state index is 11.3. The molecule has 0 radical (unpaired) electrons. The van der Waals surface area contributed by atoms with Crippen molar-refractivity contribution in [2.45, 2.75) is 52.2 Å². The second kappa shape index (κ2) is 4.00. The van der Waals surface area contributed by atoms with E-state index in [1.165, 1.54) is 0 Å². The van der Waals surface area contributed by atoms with Gasteiger partial charge in [-0.25, -0.2) is 4.79 Å². The monoisotopic (exact) mass is 214 g/mol. The molecule has 0 aromatic carbocycles. The van der Waals surface area contributed by atoms with Crippen molar-refractivity contribution in [3.63, 3.8) is 0 Å². The van der Waals surface area contributed by atoms with Crippen molar-refractivity contribution in [3.05, 3.63) is 0 Å². The summed E-state index contributed by atoms with van der Waals surface area (Å²) in [7, 11) is 0. The molecule has 1 saturated carbocycles. The van der Waals surface area contributed by atoms with Crippen molar-refractivity contribution in [3.8, 4) is 0 Å². The van der Waals surface area contributed by atoms with E-state index in [0.717, 1.165) is 12.8 Å². The van der Waals surface area contributed by atoms with E-state index < -0.39 is 5.60 Å². The van der Waals surface area contributed by atoms with Crippen LogP contribution in [0.5, 0.6) is 0 Å². The quantitative estimate of drug-likeness (QED) is 0.750. The largest absolute Gasteiger partial charge is 0.444 e. The summed E-state index contributed by atoms with van der Waals surface area (Å²) in [6.07, 6.45) is 1.93. The Morgan fingerprint density at radius 3 is 2.47 bits per heavy atom. The SMILES string of the molecule is CC(C)(C)OC(=O)NCC(N)C1(C)CC1. The highest BCUT2D eigenvalue weighted by Crippen LogP contribution is 2.47. The van der Waals surface area contributed by atoms with Crippen molar-refractivity contribution < 1.29 is 9.53 Å². The molecule has 0 heterocycles.